The van der Waals surface area contributed by atoms with Gasteiger partial charge >= 0.3 is 67.8 Å². The smallest absolute Gasteiger partial charge is 0.140 e. The van der Waals surface area contributed by atoms with E-state index in [4.69, 9.17) is 27.9 Å². The summed E-state index contributed by atoms with van der Waals surface area (Å²) in [6, 6.07) is 21.6. The van der Waals surface area contributed by atoms with Crippen LogP contribution in [-0.4, -0.2) is 11.8 Å². The summed E-state index contributed by atoms with van der Waals surface area (Å²) in [5.41, 5.74) is 0.787. The van der Waals surface area contributed by atoms with Crippen LogP contribution in [0, 0.1) is 53.7 Å². The Bertz CT molecular complexity index is 684. The molecule has 2 aromatic carbocycles. The maximum atomic E-state index is 7.50. The van der Waals surface area contributed by atoms with Crippen molar-refractivity contribution in [1.82, 2.24) is 0 Å². The molecule has 0 aromatic heterocycles. The SMILES string of the molecule is [C-]#[O+].[C-]#[O+].[C-]#[O+].[C-]#[O+].[C-]#[O+].[C-]#[O+].[CH2-]C([CH2-])=[NH+]C(C)C.[Fe].[Fe].c1ccc(Pc2ccccc2)cc1. The second kappa shape index (κ2) is 57.5. The van der Waals surface area contributed by atoms with Crippen molar-refractivity contribution in [1.29, 1.82) is 0 Å². The third kappa shape index (κ3) is 52.0. The van der Waals surface area contributed by atoms with Crippen LogP contribution in [-0.2, 0) is 62.1 Å². The predicted molar refractivity (Wildman–Crippen MR) is 116 cm³/mol. The summed E-state index contributed by atoms with van der Waals surface area (Å²) in [5, 5.41) is 2.79. The van der Waals surface area contributed by atoms with Crippen molar-refractivity contribution in [2.24, 2.45) is 0 Å². The van der Waals surface area contributed by atoms with Gasteiger partial charge in [0, 0.05) is 34.1 Å². The molecule has 0 fully saturated rings. The average molecular weight is 564 g/mol. The van der Waals surface area contributed by atoms with Crippen molar-refractivity contribution >= 4 is 24.9 Å². The molecule has 182 valence electrons. The molecule has 0 unspecified atom stereocenters. The van der Waals surface area contributed by atoms with Gasteiger partial charge in [-0.15, -0.1) is 5.71 Å². The third-order valence-corrected chi connectivity index (χ3v) is 3.57. The second-order valence-corrected chi connectivity index (χ2v) is 6.16. The van der Waals surface area contributed by atoms with Crippen LogP contribution in [0.3, 0.4) is 0 Å². The molecule has 0 heterocycles. The topological polar surface area (TPSA) is 133 Å². The van der Waals surface area contributed by atoms with Crippen molar-refractivity contribution in [3.63, 3.8) is 0 Å². The Kier molecular flexibility index (Phi) is 90.1. The Morgan fingerprint density at radius 2 is 0.853 bits per heavy atom. The zero-order valence-electron chi connectivity index (χ0n) is 18.4. The second-order valence-electron chi connectivity index (χ2n) is 4.76. The molecule has 0 radical (unpaired) electrons. The zero-order chi connectivity index (χ0) is 26.8. The van der Waals surface area contributed by atoms with Crippen molar-refractivity contribution in [2.45, 2.75) is 19.9 Å². The first kappa shape index (κ1) is 53.2. The third-order valence-electron chi connectivity index (χ3n) is 2.33. The van der Waals surface area contributed by atoms with E-state index in [9.17, 15) is 0 Å². The Hall–Kier alpha value is -2.24. The maximum absolute atomic E-state index is 7.50. The van der Waals surface area contributed by atoms with Gasteiger partial charge in [0.05, 0.1) is 0 Å². The van der Waals surface area contributed by atoms with E-state index in [0.29, 0.717) is 6.04 Å². The summed E-state index contributed by atoms with van der Waals surface area (Å²) in [6.45, 7) is 38.2. The molecule has 2 rings (SSSR count). The monoisotopic (exact) mass is 564 g/mol. The van der Waals surface area contributed by atoms with E-state index in [-0.39, 0.29) is 34.1 Å². The van der Waals surface area contributed by atoms with Crippen LogP contribution < -0.4 is 15.6 Å². The summed E-state index contributed by atoms with van der Waals surface area (Å²) < 4.78 is 45.0. The summed E-state index contributed by atoms with van der Waals surface area (Å²) in [6.07, 6.45) is 0. The van der Waals surface area contributed by atoms with Crippen LogP contribution in [0.2, 0.25) is 0 Å². The Morgan fingerprint density at radius 1 is 0.618 bits per heavy atom. The first-order valence-corrected chi connectivity index (χ1v) is 8.95. The van der Waals surface area contributed by atoms with Crippen molar-refractivity contribution in [3.8, 4) is 0 Å². The van der Waals surface area contributed by atoms with Gasteiger partial charge in [-0.3, -0.25) is 0 Å². The minimum Gasteiger partial charge on any atom is -0.348 e. The molecule has 0 aliphatic heterocycles. The number of rotatable bonds is 3. The maximum Gasteiger partial charge on any atom is 0.140 e. The normalized spacial score (nSPS) is 5.97. The first-order chi connectivity index (χ1) is 15.6. The van der Waals surface area contributed by atoms with E-state index in [1.807, 2.05) is 0 Å². The molecule has 2 aromatic rings. The number of hydrogen-bond acceptors (Lipinski definition) is 0. The molecule has 0 spiro atoms. The van der Waals surface area contributed by atoms with Gasteiger partial charge < -0.3 is 18.8 Å². The van der Waals surface area contributed by atoms with Crippen LogP contribution in [0.25, 0.3) is 0 Å². The minimum absolute atomic E-state index is 0. The standard InChI is InChI=1S/C12H11P.C6H11N.6CO.2Fe/c1-3-7-11(8-4-1)13-12-9-5-2-6-10-12;1-5(2)7-6(3)4;6*1-2;;/h1-10,13H;6H,1-2H2,3-4H3;;;;;;;;/q;-2;;;;;;;;/p+1. The van der Waals surface area contributed by atoms with Crippen LogP contribution >= 0.6 is 8.58 Å². The Balaban J connectivity index is -0.0000000466. The predicted octanol–water partition coefficient (Wildman–Crippen LogP) is 1.67. The summed E-state index contributed by atoms with van der Waals surface area (Å²) in [4.78, 5) is 3.00. The van der Waals surface area contributed by atoms with Gasteiger partial charge in [-0.25, -0.2) is 0 Å². The molecule has 0 bridgehead atoms. The minimum atomic E-state index is 0. The molecule has 0 atom stereocenters. The zero-order valence-corrected chi connectivity index (χ0v) is 21.6. The molecule has 0 amide bonds. The molecule has 0 aliphatic rings. The largest absolute Gasteiger partial charge is 0.348 e. The number of hydrogen-bond donors (Lipinski definition) is 1. The van der Waals surface area contributed by atoms with Crippen LogP contribution in [0.5, 0.6) is 0 Å². The van der Waals surface area contributed by atoms with Crippen molar-refractivity contribution < 1.29 is 67.0 Å². The molecule has 1 N–H and O–H groups in total. The molecule has 0 saturated carbocycles. The molecule has 0 aliphatic carbocycles. The van der Waals surface area contributed by atoms with Crippen LogP contribution in [0.1, 0.15) is 13.8 Å². The van der Waals surface area contributed by atoms with Gasteiger partial charge in [0.15, 0.2) is 0 Å². The summed E-state index contributed by atoms with van der Waals surface area (Å²) in [5.74, 6) is 0. The Morgan fingerprint density at radius 3 is 1.00 bits per heavy atom. The first-order valence-electron chi connectivity index (χ1n) is 7.95. The van der Waals surface area contributed by atoms with Crippen LogP contribution in [0.4, 0.5) is 0 Å². The summed E-state index contributed by atoms with van der Waals surface area (Å²) >= 11 is 0. The van der Waals surface area contributed by atoms with E-state index in [0.717, 1.165) is 14.3 Å². The van der Waals surface area contributed by atoms with E-state index in [2.05, 4.69) is 133 Å². The van der Waals surface area contributed by atoms with E-state index in [1.165, 1.54) is 10.6 Å². The van der Waals surface area contributed by atoms with E-state index >= 15 is 0 Å². The fraction of sp³-hybridized carbons (Fsp3) is 0.125. The fourth-order valence-electron chi connectivity index (χ4n) is 1.62. The van der Waals surface area contributed by atoms with E-state index in [1.54, 1.807) is 0 Å². The van der Waals surface area contributed by atoms with E-state index < -0.39 is 0 Å². The Labute approximate surface area is 225 Å². The number of nitrogens with one attached hydrogen (secondary N) is 1. The molecule has 0 saturated heterocycles. The number of benzene rings is 2. The van der Waals surface area contributed by atoms with Gasteiger partial charge in [0.2, 0.25) is 0 Å². The van der Waals surface area contributed by atoms with Crippen molar-refractivity contribution in [2.75, 3.05) is 0 Å². The van der Waals surface area contributed by atoms with Gasteiger partial charge in [0.1, 0.15) is 6.04 Å². The van der Waals surface area contributed by atoms with Gasteiger partial charge in [-0.2, -0.15) is 0 Å². The summed E-state index contributed by atoms with van der Waals surface area (Å²) in [7, 11) is 0.777. The van der Waals surface area contributed by atoms with Gasteiger partial charge in [-0.05, 0) is 24.5 Å². The van der Waals surface area contributed by atoms with Gasteiger partial charge in [-0.1, -0.05) is 69.2 Å². The van der Waals surface area contributed by atoms with Crippen LogP contribution in [0.15, 0.2) is 60.7 Å². The molecule has 10 heteroatoms. The quantitative estimate of drug-likeness (QED) is 0.191. The fourth-order valence-corrected chi connectivity index (χ4v) is 2.67. The van der Waals surface area contributed by atoms with Crippen molar-refractivity contribution in [3.05, 3.63) is 114 Å². The molecular weight excluding hydrogens is 541 g/mol. The molecule has 7 nitrogen and oxygen atoms in total. The average Bonchev–Trinajstić information content (AvgIpc) is 2.87. The molecule has 34 heavy (non-hydrogen) atoms. The van der Waals surface area contributed by atoms with Gasteiger partial charge in [0.25, 0.3) is 0 Å². The molecular formula is C24H23Fe2NO6P-.